The van der Waals surface area contributed by atoms with Crippen LogP contribution in [0.25, 0.3) is 0 Å². The predicted molar refractivity (Wildman–Crippen MR) is 82.2 cm³/mol. The molecule has 1 unspecified atom stereocenters. The number of hydrogen-bond donors (Lipinski definition) is 1. The first-order valence-electron chi connectivity index (χ1n) is 7.70. The summed E-state index contributed by atoms with van der Waals surface area (Å²) in [5.41, 5.74) is 8.55. The largest absolute Gasteiger partial charge is 0.345 e. The second-order valence-electron chi connectivity index (χ2n) is 5.69. The lowest BCUT2D eigenvalue weighted by molar-refractivity contribution is 0.498. The highest BCUT2D eigenvalue weighted by Gasteiger charge is 2.18. The van der Waals surface area contributed by atoms with Crippen molar-refractivity contribution in [1.29, 1.82) is 0 Å². The van der Waals surface area contributed by atoms with Gasteiger partial charge >= 0.3 is 5.69 Å². The van der Waals surface area contributed by atoms with Crippen LogP contribution in [0.5, 0.6) is 0 Å². The summed E-state index contributed by atoms with van der Waals surface area (Å²) in [6, 6.07) is 8.08. The van der Waals surface area contributed by atoms with E-state index in [0.29, 0.717) is 6.54 Å². The van der Waals surface area contributed by atoms with Gasteiger partial charge in [-0.15, -0.1) is 0 Å². The van der Waals surface area contributed by atoms with E-state index in [1.807, 2.05) is 12.1 Å². The minimum Gasteiger partial charge on any atom is -0.322 e. The molecule has 112 valence electrons. The fourth-order valence-electron chi connectivity index (χ4n) is 2.86. The molecule has 0 spiro atoms. The molecule has 0 saturated carbocycles. The molecule has 21 heavy (non-hydrogen) atoms. The summed E-state index contributed by atoms with van der Waals surface area (Å²) in [6.45, 7) is 3.35. The third-order valence-corrected chi connectivity index (χ3v) is 4.22. The van der Waals surface area contributed by atoms with Gasteiger partial charge in [-0.05, 0) is 30.4 Å². The third kappa shape index (κ3) is 2.78. The van der Waals surface area contributed by atoms with Gasteiger partial charge in [0.05, 0.1) is 6.54 Å². The monoisotopic (exact) mass is 286 g/mol. The van der Waals surface area contributed by atoms with E-state index < -0.39 is 0 Å². The number of hydrogen-bond acceptors (Lipinski definition) is 3. The number of aryl methyl sites for hydroxylation is 2. The second kappa shape index (κ2) is 5.85. The Hall–Kier alpha value is -1.88. The van der Waals surface area contributed by atoms with E-state index in [0.717, 1.165) is 43.6 Å². The highest BCUT2D eigenvalue weighted by molar-refractivity contribution is 5.24. The summed E-state index contributed by atoms with van der Waals surface area (Å²) in [5, 5.41) is 4.44. The van der Waals surface area contributed by atoms with Crippen LogP contribution in [0.15, 0.2) is 29.1 Å². The van der Waals surface area contributed by atoms with Gasteiger partial charge in [0.15, 0.2) is 0 Å². The van der Waals surface area contributed by atoms with Gasteiger partial charge in [0.1, 0.15) is 5.82 Å². The maximum Gasteiger partial charge on any atom is 0.345 e. The summed E-state index contributed by atoms with van der Waals surface area (Å²) in [5.74, 6) is 0.903. The van der Waals surface area contributed by atoms with Crippen LogP contribution in [-0.2, 0) is 25.9 Å². The minimum atomic E-state index is -0.203. The number of nitrogens with zero attached hydrogens (tertiary/aromatic N) is 3. The summed E-state index contributed by atoms with van der Waals surface area (Å²) in [4.78, 5) is 12.3. The molecule has 1 aliphatic rings. The van der Waals surface area contributed by atoms with Crippen molar-refractivity contribution in [3.63, 3.8) is 0 Å². The molecule has 0 bridgehead atoms. The molecule has 1 aliphatic heterocycles. The smallest absolute Gasteiger partial charge is 0.322 e. The Morgan fingerprint density at radius 1 is 1.29 bits per heavy atom. The van der Waals surface area contributed by atoms with Crippen LogP contribution in [-0.4, -0.2) is 14.3 Å². The van der Waals surface area contributed by atoms with Gasteiger partial charge < -0.3 is 5.73 Å². The molecular weight excluding hydrogens is 264 g/mol. The van der Waals surface area contributed by atoms with Gasteiger partial charge in [-0.25, -0.2) is 9.48 Å². The van der Waals surface area contributed by atoms with Crippen LogP contribution in [0.4, 0.5) is 0 Å². The first-order valence-corrected chi connectivity index (χ1v) is 7.70. The normalized spacial score (nSPS) is 15.7. The maximum absolute atomic E-state index is 12.3. The Morgan fingerprint density at radius 2 is 2.05 bits per heavy atom. The molecule has 0 saturated heterocycles. The van der Waals surface area contributed by atoms with Crippen molar-refractivity contribution in [2.45, 2.75) is 51.7 Å². The van der Waals surface area contributed by atoms with Crippen molar-refractivity contribution in [2.24, 2.45) is 5.73 Å². The molecule has 2 heterocycles. The van der Waals surface area contributed by atoms with Gasteiger partial charge in [0, 0.05) is 19.0 Å². The van der Waals surface area contributed by atoms with Gasteiger partial charge in [0.25, 0.3) is 0 Å². The van der Waals surface area contributed by atoms with Crippen molar-refractivity contribution in [1.82, 2.24) is 14.3 Å². The second-order valence-corrected chi connectivity index (χ2v) is 5.69. The zero-order valence-electron chi connectivity index (χ0n) is 12.5. The van der Waals surface area contributed by atoms with E-state index in [9.17, 15) is 4.79 Å². The van der Waals surface area contributed by atoms with Gasteiger partial charge in [0.2, 0.25) is 0 Å². The van der Waals surface area contributed by atoms with Crippen molar-refractivity contribution in [2.75, 3.05) is 0 Å². The molecule has 1 aromatic carbocycles. The van der Waals surface area contributed by atoms with Gasteiger partial charge in [-0.1, -0.05) is 31.2 Å². The Morgan fingerprint density at radius 3 is 2.71 bits per heavy atom. The van der Waals surface area contributed by atoms with E-state index in [2.05, 4.69) is 24.2 Å². The molecule has 0 amide bonds. The number of benzene rings is 1. The number of fused-ring (bicyclic) bond motifs is 1. The lowest BCUT2D eigenvalue weighted by Gasteiger charge is -2.11. The highest BCUT2D eigenvalue weighted by Crippen LogP contribution is 2.14. The lowest BCUT2D eigenvalue weighted by atomic mass is 10.0. The molecule has 0 fully saturated rings. The number of rotatable bonds is 4. The zero-order valence-corrected chi connectivity index (χ0v) is 12.5. The van der Waals surface area contributed by atoms with Crippen LogP contribution < -0.4 is 11.4 Å². The standard InChI is InChI=1S/C16H22N4O/c1-2-12-6-8-13(9-7-12)14(17)11-20-16(21)19-10-4-3-5-15(19)18-20/h6-9,14H,2-5,10-11,17H2,1H3. The first-order chi connectivity index (χ1) is 10.2. The predicted octanol–water partition coefficient (Wildman–Crippen LogP) is 1.64. The Kier molecular flexibility index (Phi) is 3.92. The quantitative estimate of drug-likeness (QED) is 0.929. The summed E-state index contributed by atoms with van der Waals surface area (Å²) < 4.78 is 3.31. The topological polar surface area (TPSA) is 65.8 Å². The van der Waals surface area contributed by atoms with Crippen LogP contribution >= 0.6 is 0 Å². The fourth-order valence-corrected chi connectivity index (χ4v) is 2.86. The minimum absolute atomic E-state index is 0.0228. The third-order valence-electron chi connectivity index (χ3n) is 4.22. The molecule has 1 atom stereocenters. The van der Waals surface area contributed by atoms with Crippen molar-refractivity contribution < 1.29 is 0 Å². The first kappa shape index (κ1) is 14.1. The average Bonchev–Trinajstić information content (AvgIpc) is 2.84. The molecule has 2 N–H and O–H groups in total. The zero-order chi connectivity index (χ0) is 14.8. The van der Waals surface area contributed by atoms with E-state index in [1.54, 1.807) is 4.57 Å². The Labute approximate surface area is 124 Å². The van der Waals surface area contributed by atoms with Crippen LogP contribution in [0.1, 0.15) is 42.8 Å². The molecule has 1 aromatic heterocycles. The molecular formula is C16H22N4O. The molecule has 0 aliphatic carbocycles. The molecule has 0 radical (unpaired) electrons. The Balaban J connectivity index is 1.79. The van der Waals surface area contributed by atoms with Gasteiger partial charge in [-0.2, -0.15) is 5.10 Å². The van der Waals surface area contributed by atoms with Crippen molar-refractivity contribution >= 4 is 0 Å². The van der Waals surface area contributed by atoms with Crippen molar-refractivity contribution in [3.05, 3.63) is 51.7 Å². The summed E-state index contributed by atoms with van der Waals surface area (Å²) >= 11 is 0. The van der Waals surface area contributed by atoms with Crippen LogP contribution in [0.3, 0.4) is 0 Å². The van der Waals surface area contributed by atoms with Crippen LogP contribution in [0.2, 0.25) is 0 Å². The molecule has 3 rings (SSSR count). The molecule has 2 aromatic rings. The van der Waals surface area contributed by atoms with Gasteiger partial charge in [-0.3, -0.25) is 4.57 Å². The highest BCUT2D eigenvalue weighted by atomic mass is 16.2. The van der Waals surface area contributed by atoms with E-state index in [1.165, 1.54) is 10.2 Å². The van der Waals surface area contributed by atoms with Crippen LogP contribution in [0, 0.1) is 0 Å². The van der Waals surface area contributed by atoms with E-state index in [-0.39, 0.29) is 11.7 Å². The summed E-state index contributed by atoms with van der Waals surface area (Å²) in [6.07, 6.45) is 4.08. The summed E-state index contributed by atoms with van der Waals surface area (Å²) in [7, 11) is 0. The molecule has 5 heteroatoms. The average molecular weight is 286 g/mol. The number of nitrogens with two attached hydrogens (primary N) is 1. The van der Waals surface area contributed by atoms with Crippen molar-refractivity contribution in [3.8, 4) is 0 Å². The molecule has 5 nitrogen and oxygen atoms in total. The fraction of sp³-hybridized carbons (Fsp3) is 0.500. The number of aromatic nitrogens is 3. The van der Waals surface area contributed by atoms with E-state index in [4.69, 9.17) is 5.73 Å². The maximum atomic E-state index is 12.3. The Bertz CT molecular complexity index is 669. The lowest BCUT2D eigenvalue weighted by Crippen LogP contribution is -2.30. The SMILES string of the molecule is CCc1ccc(C(N)Cn2nc3n(c2=O)CCCC3)cc1. The van der Waals surface area contributed by atoms with E-state index >= 15 is 0 Å².